The SMILES string of the molecule is CCC1CN(CCCF)C(Cc2ccccc2)CN1. The van der Waals surface area contributed by atoms with Gasteiger partial charge in [-0.15, -0.1) is 0 Å². The lowest BCUT2D eigenvalue weighted by molar-refractivity contribution is 0.123. The van der Waals surface area contributed by atoms with E-state index in [-0.39, 0.29) is 6.67 Å². The number of halogens is 1. The molecule has 1 aliphatic rings. The van der Waals surface area contributed by atoms with E-state index in [0.717, 1.165) is 32.5 Å². The van der Waals surface area contributed by atoms with Crippen LogP contribution in [0, 0.1) is 0 Å². The minimum absolute atomic E-state index is 0.210. The summed E-state index contributed by atoms with van der Waals surface area (Å²) >= 11 is 0. The molecule has 0 bridgehead atoms. The normalized spacial score (nSPS) is 24.5. The number of rotatable bonds is 6. The van der Waals surface area contributed by atoms with Crippen molar-refractivity contribution in [2.45, 2.75) is 38.3 Å². The van der Waals surface area contributed by atoms with Gasteiger partial charge in [0.2, 0.25) is 0 Å². The lowest BCUT2D eigenvalue weighted by Gasteiger charge is -2.40. The van der Waals surface area contributed by atoms with Crippen LogP contribution in [0.1, 0.15) is 25.3 Å². The molecule has 0 amide bonds. The van der Waals surface area contributed by atoms with Gasteiger partial charge in [-0.2, -0.15) is 0 Å². The Balaban J connectivity index is 1.96. The number of piperazine rings is 1. The standard InChI is InChI=1S/C16H25FN2/c1-2-15-13-19(10-6-9-17)16(12-18-15)11-14-7-4-3-5-8-14/h3-5,7-8,15-16,18H,2,6,9-13H2,1H3. The highest BCUT2D eigenvalue weighted by molar-refractivity contribution is 5.16. The average molecular weight is 264 g/mol. The smallest absolute Gasteiger partial charge is 0.0906 e. The maximum absolute atomic E-state index is 12.4. The Kier molecular flexibility index (Phi) is 5.80. The average Bonchev–Trinajstić information content (AvgIpc) is 2.47. The molecule has 2 nitrogen and oxygen atoms in total. The second-order valence-corrected chi connectivity index (χ2v) is 5.39. The van der Waals surface area contributed by atoms with Crippen molar-refractivity contribution in [1.29, 1.82) is 0 Å². The number of benzene rings is 1. The Morgan fingerprint density at radius 1 is 1.32 bits per heavy atom. The molecule has 1 fully saturated rings. The molecule has 0 aromatic heterocycles. The fourth-order valence-electron chi connectivity index (χ4n) is 2.83. The van der Waals surface area contributed by atoms with Gasteiger partial charge in [0.1, 0.15) is 0 Å². The first kappa shape index (κ1) is 14.5. The first-order chi connectivity index (χ1) is 9.33. The highest BCUT2D eigenvalue weighted by Gasteiger charge is 2.26. The van der Waals surface area contributed by atoms with E-state index in [2.05, 4.69) is 47.5 Å². The van der Waals surface area contributed by atoms with Crippen molar-refractivity contribution in [3.63, 3.8) is 0 Å². The zero-order chi connectivity index (χ0) is 13.5. The molecule has 1 heterocycles. The number of nitrogens with zero attached hydrogens (tertiary/aromatic N) is 1. The third kappa shape index (κ3) is 4.29. The predicted octanol–water partition coefficient (Wildman–Crippen LogP) is 2.64. The molecule has 0 aliphatic carbocycles. The lowest BCUT2D eigenvalue weighted by Crippen LogP contribution is -2.57. The summed E-state index contributed by atoms with van der Waals surface area (Å²) in [6.45, 7) is 4.95. The van der Waals surface area contributed by atoms with Gasteiger partial charge in [-0.3, -0.25) is 9.29 Å². The van der Waals surface area contributed by atoms with E-state index in [1.165, 1.54) is 5.56 Å². The van der Waals surface area contributed by atoms with Crippen LogP contribution >= 0.6 is 0 Å². The van der Waals surface area contributed by atoms with Crippen LogP contribution in [0.2, 0.25) is 0 Å². The van der Waals surface area contributed by atoms with Gasteiger partial charge >= 0.3 is 0 Å². The van der Waals surface area contributed by atoms with Crippen LogP contribution in [0.25, 0.3) is 0 Å². The molecule has 0 saturated carbocycles. The molecule has 1 aliphatic heterocycles. The number of nitrogens with one attached hydrogen (secondary N) is 1. The van der Waals surface area contributed by atoms with Crippen molar-refractivity contribution < 1.29 is 4.39 Å². The molecule has 2 rings (SSSR count). The van der Waals surface area contributed by atoms with Crippen LogP contribution in [0.15, 0.2) is 30.3 Å². The molecule has 1 saturated heterocycles. The fourth-order valence-corrected chi connectivity index (χ4v) is 2.83. The van der Waals surface area contributed by atoms with E-state index in [0.29, 0.717) is 18.5 Å². The summed E-state index contributed by atoms with van der Waals surface area (Å²) in [7, 11) is 0. The Morgan fingerprint density at radius 3 is 2.79 bits per heavy atom. The van der Waals surface area contributed by atoms with Gasteiger partial charge in [-0.1, -0.05) is 37.3 Å². The Hall–Kier alpha value is -0.930. The van der Waals surface area contributed by atoms with Gasteiger partial charge in [0.25, 0.3) is 0 Å². The van der Waals surface area contributed by atoms with E-state index in [1.54, 1.807) is 0 Å². The number of hydrogen-bond donors (Lipinski definition) is 1. The van der Waals surface area contributed by atoms with Gasteiger partial charge in [-0.05, 0) is 24.8 Å². The van der Waals surface area contributed by atoms with E-state index < -0.39 is 0 Å². The zero-order valence-corrected chi connectivity index (χ0v) is 11.8. The molecule has 1 aromatic rings. The second-order valence-electron chi connectivity index (χ2n) is 5.39. The first-order valence-electron chi connectivity index (χ1n) is 7.40. The van der Waals surface area contributed by atoms with Crippen molar-refractivity contribution in [1.82, 2.24) is 10.2 Å². The summed E-state index contributed by atoms with van der Waals surface area (Å²) < 4.78 is 12.4. The molecule has 1 aromatic carbocycles. The van der Waals surface area contributed by atoms with Gasteiger partial charge in [0.15, 0.2) is 0 Å². The van der Waals surface area contributed by atoms with Crippen molar-refractivity contribution in [2.75, 3.05) is 26.3 Å². The Bertz CT molecular complexity index is 355. The van der Waals surface area contributed by atoms with E-state index >= 15 is 0 Å². The lowest BCUT2D eigenvalue weighted by atomic mass is 10.00. The highest BCUT2D eigenvalue weighted by Crippen LogP contribution is 2.14. The van der Waals surface area contributed by atoms with Crippen LogP contribution < -0.4 is 5.32 Å². The molecular formula is C16H25FN2. The molecule has 1 N–H and O–H groups in total. The molecular weight excluding hydrogens is 239 g/mol. The van der Waals surface area contributed by atoms with Crippen LogP contribution in [0.4, 0.5) is 4.39 Å². The summed E-state index contributed by atoms with van der Waals surface area (Å²) in [5, 5.41) is 3.61. The maximum atomic E-state index is 12.4. The molecule has 19 heavy (non-hydrogen) atoms. The van der Waals surface area contributed by atoms with E-state index in [9.17, 15) is 4.39 Å². The number of alkyl halides is 1. The minimum atomic E-state index is -0.210. The van der Waals surface area contributed by atoms with Gasteiger partial charge in [0, 0.05) is 31.7 Å². The molecule has 3 heteroatoms. The summed E-state index contributed by atoms with van der Waals surface area (Å²) in [6, 6.07) is 11.6. The Morgan fingerprint density at radius 2 is 2.11 bits per heavy atom. The quantitative estimate of drug-likeness (QED) is 0.850. The van der Waals surface area contributed by atoms with E-state index in [1.807, 2.05) is 0 Å². The number of hydrogen-bond acceptors (Lipinski definition) is 2. The second kappa shape index (κ2) is 7.61. The summed E-state index contributed by atoms with van der Waals surface area (Å²) in [4.78, 5) is 2.47. The first-order valence-corrected chi connectivity index (χ1v) is 7.40. The van der Waals surface area contributed by atoms with Gasteiger partial charge < -0.3 is 5.32 Å². The molecule has 0 radical (unpaired) electrons. The van der Waals surface area contributed by atoms with Gasteiger partial charge in [0.05, 0.1) is 6.67 Å². The molecule has 2 unspecified atom stereocenters. The summed E-state index contributed by atoms with van der Waals surface area (Å²) in [6.07, 6.45) is 2.85. The van der Waals surface area contributed by atoms with Crippen LogP contribution in [0.3, 0.4) is 0 Å². The zero-order valence-electron chi connectivity index (χ0n) is 11.8. The molecule has 2 atom stereocenters. The monoisotopic (exact) mass is 264 g/mol. The molecule has 0 spiro atoms. The maximum Gasteiger partial charge on any atom is 0.0906 e. The van der Waals surface area contributed by atoms with Crippen molar-refractivity contribution >= 4 is 0 Å². The van der Waals surface area contributed by atoms with E-state index in [4.69, 9.17) is 0 Å². The predicted molar refractivity (Wildman–Crippen MR) is 78.2 cm³/mol. The van der Waals surface area contributed by atoms with Crippen LogP contribution in [-0.2, 0) is 6.42 Å². The van der Waals surface area contributed by atoms with Crippen LogP contribution in [0.5, 0.6) is 0 Å². The third-order valence-corrected chi connectivity index (χ3v) is 4.00. The summed E-state index contributed by atoms with van der Waals surface area (Å²) in [5.74, 6) is 0. The Labute approximate surface area is 116 Å². The highest BCUT2D eigenvalue weighted by atomic mass is 19.1. The van der Waals surface area contributed by atoms with Crippen molar-refractivity contribution in [3.05, 3.63) is 35.9 Å². The molecule has 106 valence electrons. The van der Waals surface area contributed by atoms with Crippen molar-refractivity contribution in [3.8, 4) is 0 Å². The van der Waals surface area contributed by atoms with Gasteiger partial charge in [-0.25, -0.2) is 0 Å². The van der Waals surface area contributed by atoms with Crippen LogP contribution in [-0.4, -0.2) is 43.3 Å². The third-order valence-electron chi connectivity index (χ3n) is 4.00. The fraction of sp³-hybridized carbons (Fsp3) is 0.625. The largest absolute Gasteiger partial charge is 0.311 e. The minimum Gasteiger partial charge on any atom is -0.311 e. The van der Waals surface area contributed by atoms with Crippen molar-refractivity contribution in [2.24, 2.45) is 0 Å². The summed E-state index contributed by atoms with van der Waals surface area (Å²) in [5.41, 5.74) is 1.37. The topological polar surface area (TPSA) is 15.3 Å².